The lowest BCUT2D eigenvalue weighted by atomic mass is 10.5. The smallest absolute Gasteiger partial charge is 0.329 e. The second-order valence-electron chi connectivity index (χ2n) is 2.80. The highest BCUT2D eigenvalue weighted by Gasteiger charge is 2.23. The minimum absolute atomic E-state index is 0.360. The van der Waals surface area contributed by atoms with E-state index in [1.807, 2.05) is 6.92 Å². The summed E-state index contributed by atoms with van der Waals surface area (Å²) in [7, 11) is -3.28. The van der Waals surface area contributed by atoms with Crippen LogP contribution in [0.25, 0.3) is 0 Å². The van der Waals surface area contributed by atoms with Crippen molar-refractivity contribution in [2.24, 2.45) is 11.5 Å². The maximum absolute atomic E-state index is 11.9. The first-order valence-electron chi connectivity index (χ1n) is 4.99. The van der Waals surface area contributed by atoms with E-state index >= 15 is 0 Å². The molecule has 0 aromatic rings. The molecule has 0 saturated carbocycles. The third-order valence-electron chi connectivity index (χ3n) is 1.35. The van der Waals surface area contributed by atoms with Crippen LogP contribution in [0.4, 0.5) is 0 Å². The molecule has 0 aromatic carbocycles. The molecule has 0 radical (unpaired) electrons. The van der Waals surface area contributed by atoms with E-state index in [9.17, 15) is 4.57 Å². The van der Waals surface area contributed by atoms with Gasteiger partial charge >= 0.3 is 7.75 Å². The van der Waals surface area contributed by atoms with Gasteiger partial charge in [-0.15, -0.1) is 0 Å². The van der Waals surface area contributed by atoms with Gasteiger partial charge in [-0.05, 0) is 6.42 Å². The molecule has 1 unspecified atom stereocenters. The van der Waals surface area contributed by atoms with E-state index in [4.69, 9.17) is 20.6 Å². The molecule has 0 fully saturated rings. The highest BCUT2D eigenvalue weighted by atomic mass is 31.2. The van der Waals surface area contributed by atoms with Crippen LogP contribution in [0, 0.1) is 0 Å². The molecule has 0 heterocycles. The zero-order chi connectivity index (χ0) is 11.6. The van der Waals surface area contributed by atoms with Gasteiger partial charge in [0.05, 0.1) is 6.61 Å². The summed E-state index contributed by atoms with van der Waals surface area (Å²) < 4.78 is 21.9. The lowest BCUT2D eigenvalue weighted by molar-refractivity contribution is 0.134. The fourth-order valence-electron chi connectivity index (χ4n) is 0.707. The van der Waals surface area contributed by atoms with E-state index in [0.29, 0.717) is 32.8 Å². The molecule has 0 aliphatic heterocycles. The summed E-state index contributed by atoms with van der Waals surface area (Å²) in [4.78, 5) is 0. The molecule has 1 atom stereocenters. The second-order valence-corrected chi connectivity index (χ2v) is 4.55. The summed E-state index contributed by atoms with van der Waals surface area (Å²) in [5, 5.41) is 2.62. The number of hydrogen-bond acceptors (Lipinski definition) is 6. The van der Waals surface area contributed by atoms with Crippen molar-refractivity contribution in [1.29, 1.82) is 0 Å². The van der Waals surface area contributed by atoms with Gasteiger partial charge in [-0.25, -0.2) is 14.3 Å². The van der Waals surface area contributed by atoms with Crippen molar-refractivity contribution in [2.45, 2.75) is 13.3 Å². The van der Waals surface area contributed by atoms with Gasteiger partial charge in [0, 0.05) is 26.2 Å². The van der Waals surface area contributed by atoms with Gasteiger partial charge in [0.25, 0.3) is 0 Å². The quantitative estimate of drug-likeness (QED) is 0.232. The summed E-state index contributed by atoms with van der Waals surface area (Å²) in [6, 6.07) is 0. The van der Waals surface area contributed by atoms with Crippen LogP contribution in [-0.2, 0) is 13.7 Å². The van der Waals surface area contributed by atoms with E-state index < -0.39 is 7.75 Å². The molecule has 0 aliphatic carbocycles. The Kier molecular flexibility index (Phi) is 9.23. The second kappa shape index (κ2) is 9.23. The predicted octanol–water partition coefficient (Wildman–Crippen LogP) is -0.451. The molecule has 0 spiro atoms. The number of nitrogens with two attached hydrogens (primary N) is 2. The molecule has 0 aromatic heterocycles. The summed E-state index contributed by atoms with van der Waals surface area (Å²) in [6.07, 6.45) is 0.758. The molecule has 92 valence electrons. The minimum atomic E-state index is -3.28. The Morgan fingerprint density at radius 1 is 1.27 bits per heavy atom. The minimum Gasteiger partial charge on any atom is -0.329 e. The fourth-order valence-corrected chi connectivity index (χ4v) is 2.00. The molecular formula is C7H21N4O3P. The lowest BCUT2D eigenvalue weighted by Gasteiger charge is -2.18. The van der Waals surface area contributed by atoms with Crippen molar-refractivity contribution in [1.82, 2.24) is 10.6 Å². The number of nitrogens with one attached hydrogen (secondary N) is 2. The molecular weight excluding hydrogens is 219 g/mol. The van der Waals surface area contributed by atoms with Crippen LogP contribution in [0.15, 0.2) is 0 Å². The Bertz CT molecular complexity index is 181. The molecule has 15 heavy (non-hydrogen) atoms. The van der Waals surface area contributed by atoms with Crippen molar-refractivity contribution < 1.29 is 13.7 Å². The molecule has 7 nitrogen and oxygen atoms in total. The molecule has 6 N–H and O–H groups in total. The normalized spacial score (nSPS) is 15.1. The van der Waals surface area contributed by atoms with E-state index in [0.717, 1.165) is 6.42 Å². The van der Waals surface area contributed by atoms with Gasteiger partial charge in [0.15, 0.2) is 0 Å². The zero-order valence-corrected chi connectivity index (χ0v) is 9.96. The summed E-state index contributed by atoms with van der Waals surface area (Å²) >= 11 is 0. The molecule has 0 rings (SSSR count). The average Bonchev–Trinajstić information content (AvgIpc) is 2.24. The maximum Gasteiger partial charge on any atom is 0.422 e. The first kappa shape index (κ1) is 15.0. The first-order valence-corrected chi connectivity index (χ1v) is 6.54. The Hall–Kier alpha value is -0.0100. The van der Waals surface area contributed by atoms with Crippen molar-refractivity contribution in [3.05, 3.63) is 0 Å². The SMILES string of the molecule is CCCOP(=O)(NCCN)ONCCN. The van der Waals surface area contributed by atoms with Crippen molar-refractivity contribution in [2.75, 3.05) is 32.8 Å². The van der Waals surface area contributed by atoms with Gasteiger partial charge in [0.2, 0.25) is 0 Å². The van der Waals surface area contributed by atoms with E-state index in [1.54, 1.807) is 0 Å². The average molecular weight is 240 g/mol. The van der Waals surface area contributed by atoms with E-state index in [2.05, 4.69) is 10.6 Å². The Labute approximate surface area is 90.4 Å². The molecule has 8 heteroatoms. The van der Waals surface area contributed by atoms with Gasteiger partial charge in [-0.1, -0.05) is 6.92 Å². The summed E-state index contributed by atoms with van der Waals surface area (Å²) in [6.45, 7) is 3.80. The highest BCUT2D eigenvalue weighted by molar-refractivity contribution is 7.51. The third-order valence-corrected chi connectivity index (χ3v) is 2.85. The first-order chi connectivity index (χ1) is 7.18. The topological polar surface area (TPSA) is 112 Å². The van der Waals surface area contributed by atoms with Gasteiger partial charge in [-0.3, -0.25) is 4.52 Å². The summed E-state index contributed by atoms with van der Waals surface area (Å²) in [5.41, 5.74) is 13.0. The number of rotatable bonds is 10. The predicted molar refractivity (Wildman–Crippen MR) is 59.0 cm³/mol. The Morgan fingerprint density at radius 3 is 2.47 bits per heavy atom. The van der Waals surface area contributed by atoms with E-state index in [-0.39, 0.29) is 0 Å². The Morgan fingerprint density at radius 2 is 1.93 bits per heavy atom. The molecule has 0 saturated heterocycles. The summed E-state index contributed by atoms with van der Waals surface area (Å²) in [5.74, 6) is 0. The number of hydrogen-bond donors (Lipinski definition) is 4. The zero-order valence-electron chi connectivity index (χ0n) is 9.07. The van der Waals surface area contributed by atoms with Crippen LogP contribution in [-0.4, -0.2) is 32.8 Å². The standard InChI is InChI=1S/C7H21N4O3P/c1-2-7-13-15(12,11-6-4-9)14-10-5-3-8/h10H,2-9H2,1H3,(H,11,12). The molecule has 0 aliphatic rings. The fraction of sp³-hybridized carbons (Fsp3) is 1.00. The van der Waals surface area contributed by atoms with Crippen molar-refractivity contribution in [3.63, 3.8) is 0 Å². The van der Waals surface area contributed by atoms with Gasteiger partial charge in [0.1, 0.15) is 0 Å². The van der Waals surface area contributed by atoms with Gasteiger partial charge in [-0.2, -0.15) is 5.48 Å². The van der Waals surface area contributed by atoms with Crippen LogP contribution >= 0.6 is 7.75 Å². The van der Waals surface area contributed by atoms with Crippen molar-refractivity contribution in [3.8, 4) is 0 Å². The van der Waals surface area contributed by atoms with Crippen LogP contribution in [0.2, 0.25) is 0 Å². The largest absolute Gasteiger partial charge is 0.422 e. The Balaban J connectivity index is 3.96. The van der Waals surface area contributed by atoms with Gasteiger partial charge < -0.3 is 11.5 Å². The van der Waals surface area contributed by atoms with Crippen LogP contribution < -0.4 is 22.0 Å². The lowest BCUT2D eigenvalue weighted by Crippen LogP contribution is -2.28. The molecule has 0 bridgehead atoms. The van der Waals surface area contributed by atoms with E-state index in [1.165, 1.54) is 0 Å². The van der Waals surface area contributed by atoms with Crippen LogP contribution in [0.3, 0.4) is 0 Å². The van der Waals surface area contributed by atoms with Crippen LogP contribution in [0.1, 0.15) is 13.3 Å². The van der Waals surface area contributed by atoms with Crippen molar-refractivity contribution >= 4 is 7.75 Å². The third kappa shape index (κ3) is 7.87. The monoisotopic (exact) mass is 240 g/mol. The maximum atomic E-state index is 11.9. The molecule has 0 amide bonds. The number of hydroxylamine groups is 1. The van der Waals surface area contributed by atoms with Crippen LogP contribution in [0.5, 0.6) is 0 Å². The highest BCUT2D eigenvalue weighted by Crippen LogP contribution is 2.41.